The highest BCUT2D eigenvalue weighted by Gasteiger charge is 2.26. The first-order chi connectivity index (χ1) is 11.5. The number of nitrogens with one attached hydrogen (secondary N) is 2. The number of rotatable bonds is 3. The zero-order valence-electron chi connectivity index (χ0n) is 12.8. The van der Waals surface area contributed by atoms with Gasteiger partial charge in [-0.15, -0.1) is 0 Å². The van der Waals surface area contributed by atoms with Gasteiger partial charge in [0.1, 0.15) is 0 Å². The molecule has 0 aliphatic heterocycles. The van der Waals surface area contributed by atoms with E-state index in [1.54, 1.807) is 0 Å². The van der Waals surface area contributed by atoms with E-state index < -0.39 is 15.8 Å². The van der Waals surface area contributed by atoms with E-state index in [2.05, 4.69) is 9.71 Å². The van der Waals surface area contributed by atoms with E-state index in [1.165, 1.54) is 23.8 Å². The van der Waals surface area contributed by atoms with E-state index in [4.69, 9.17) is 4.42 Å². The molecule has 1 atom stereocenters. The highest BCUT2D eigenvalue weighted by molar-refractivity contribution is 7.89. The van der Waals surface area contributed by atoms with Gasteiger partial charge < -0.3 is 4.42 Å². The summed E-state index contributed by atoms with van der Waals surface area (Å²) in [5.74, 6) is -0.603. The summed E-state index contributed by atoms with van der Waals surface area (Å²) in [6.07, 6.45) is 2.67. The predicted molar refractivity (Wildman–Crippen MR) is 89.3 cm³/mol. The molecular formula is C17H16N2O4S. The van der Waals surface area contributed by atoms with Gasteiger partial charge in [0.15, 0.2) is 5.58 Å². The van der Waals surface area contributed by atoms with Gasteiger partial charge in [0.25, 0.3) is 0 Å². The minimum Gasteiger partial charge on any atom is -0.408 e. The van der Waals surface area contributed by atoms with Gasteiger partial charge in [-0.25, -0.2) is 17.9 Å². The molecule has 2 aromatic carbocycles. The van der Waals surface area contributed by atoms with Crippen molar-refractivity contribution in [1.82, 2.24) is 9.71 Å². The fourth-order valence-corrected chi connectivity index (χ4v) is 4.49. The zero-order chi connectivity index (χ0) is 16.7. The van der Waals surface area contributed by atoms with Crippen molar-refractivity contribution in [2.45, 2.75) is 30.2 Å². The first-order valence-electron chi connectivity index (χ1n) is 7.76. The summed E-state index contributed by atoms with van der Waals surface area (Å²) in [6.45, 7) is 0. The van der Waals surface area contributed by atoms with E-state index in [9.17, 15) is 13.2 Å². The summed E-state index contributed by atoms with van der Waals surface area (Å²) >= 11 is 0. The van der Waals surface area contributed by atoms with E-state index in [1.807, 2.05) is 24.3 Å². The van der Waals surface area contributed by atoms with Crippen LogP contribution in [-0.4, -0.2) is 13.4 Å². The zero-order valence-corrected chi connectivity index (χ0v) is 13.6. The maximum Gasteiger partial charge on any atom is 0.417 e. The molecule has 3 aromatic rings. The average molecular weight is 344 g/mol. The number of hydrogen-bond acceptors (Lipinski definition) is 4. The Morgan fingerprint density at radius 2 is 2.00 bits per heavy atom. The van der Waals surface area contributed by atoms with Crippen LogP contribution in [0.1, 0.15) is 30.0 Å². The molecule has 2 N–H and O–H groups in total. The molecule has 24 heavy (non-hydrogen) atoms. The van der Waals surface area contributed by atoms with Crippen molar-refractivity contribution >= 4 is 21.1 Å². The molecule has 7 heteroatoms. The lowest BCUT2D eigenvalue weighted by molar-refractivity contribution is 0.507. The minimum absolute atomic E-state index is 0.0841. The van der Waals surface area contributed by atoms with Gasteiger partial charge in [-0.05, 0) is 42.5 Å². The second kappa shape index (κ2) is 5.61. The van der Waals surface area contributed by atoms with E-state index in [0.717, 1.165) is 24.8 Å². The molecule has 1 heterocycles. The van der Waals surface area contributed by atoms with E-state index in [0.29, 0.717) is 5.52 Å². The number of aromatic amines is 1. The summed E-state index contributed by atoms with van der Waals surface area (Å²) in [7, 11) is -3.71. The van der Waals surface area contributed by atoms with Crippen LogP contribution in [0.3, 0.4) is 0 Å². The van der Waals surface area contributed by atoms with Gasteiger partial charge in [0, 0.05) is 12.1 Å². The SMILES string of the molecule is O=c1[nH]c2ccc(S(=O)(=O)N[C@@H]3CCCc4ccccc43)cc2o1. The molecule has 0 saturated heterocycles. The molecule has 0 radical (unpaired) electrons. The Labute approximate surface area is 138 Å². The Morgan fingerprint density at radius 1 is 1.17 bits per heavy atom. The maximum absolute atomic E-state index is 12.7. The van der Waals surface area contributed by atoms with Crippen molar-refractivity contribution in [3.05, 3.63) is 64.1 Å². The van der Waals surface area contributed by atoms with Crippen LogP contribution >= 0.6 is 0 Å². The third-order valence-electron chi connectivity index (χ3n) is 4.37. The molecule has 1 aliphatic rings. The van der Waals surface area contributed by atoms with Gasteiger partial charge in [0.2, 0.25) is 10.0 Å². The van der Waals surface area contributed by atoms with Gasteiger partial charge in [-0.2, -0.15) is 0 Å². The van der Waals surface area contributed by atoms with Crippen LogP contribution in [0, 0.1) is 0 Å². The molecule has 0 fully saturated rings. The number of benzene rings is 2. The van der Waals surface area contributed by atoms with Crippen molar-refractivity contribution in [1.29, 1.82) is 0 Å². The molecule has 0 saturated carbocycles. The molecule has 6 nitrogen and oxygen atoms in total. The lowest BCUT2D eigenvalue weighted by atomic mass is 9.88. The highest BCUT2D eigenvalue weighted by atomic mass is 32.2. The number of H-pyrrole nitrogens is 1. The van der Waals surface area contributed by atoms with Crippen molar-refractivity contribution in [2.24, 2.45) is 0 Å². The third kappa shape index (κ3) is 2.65. The minimum atomic E-state index is -3.71. The van der Waals surface area contributed by atoms with Crippen LogP contribution in [0.4, 0.5) is 0 Å². The van der Waals surface area contributed by atoms with Crippen molar-refractivity contribution < 1.29 is 12.8 Å². The first-order valence-corrected chi connectivity index (χ1v) is 9.24. The molecular weight excluding hydrogens is 328 g/mol. The number of oxazole rings is 1. The second-order valence-corrected chi connectivity index (χ2v) is 7.65. The number of sulfonamides is 1. The smallest absolute Gasteiger partial charge is 0.408 e. The Morgan fingerprint density at radius 3 is 2.88 bits per heavy atom. The van der Waals surface area contributed by atoms with Gasteiger partial charge in [-0.1, -0.05) is 24.3 Å². The van der Waals surface area contributed by atoms with Crippen LogP contribution in [0.25, 0.3) is 11.1 Å². The molecule has 1 aliphatic carbocycles. The lowest BCUT2D eigenvalue weighted by Gasteiger charge is -2.26. The van der Waals surface area contributed by atoms with Crippen LogP contribution in [0.5, 0.6) is 0 Å². The number of hydrogen-bond donors (Lipinski definition) is 2. The highest BCUT2D eigenvalue weighted by Crippen LogP contribution is 2.31. The van der Waals surface area contributed by atoms with Gasteiger partial charge >= 0.3 is 5.76 Å². The molecule has 0 bridgehead atoms. The van der Waals surface area contributed by atoms with E-state index in [-0.39, 0.29) is 16.5 Å². The Kier molecular flexibility index (Phi) is 3.54. The number of aromatic nitrogens is 1. The molecule has 4 rings (SSSR count). The average Bonchev–Trinajstić information content (AvgIpc) is 2.94. The van der Waals surface area contributed by atoms with Crippen LogP contribution in [-0.2, 0) is 16.4 Å². The summed E-state index contributed by atoms with van der Waals surface area (Å²) in [5.41, 5.74) is 2.92. The standard InChI is InChI=1S/C17H16N2O4S/c20-17-18-15-9-8-12(10-16(15)23-17)24(21,22)19-14-7-3-5-11-4-1-2-6-13(11)14/h1-2,4,6,8-10,14,19H,3,5,7H2,(H,18,20)/t14-/m1/s1. The fourth-order valence-electron chi connectivity index (χ4n) is 3.22. The second-order valence-electron chi connectivity index (χ2n) is 5.94. The first kappa shape index (κ1) is 15.2. The van der Waals surface area contributed by atoms with Crippen molar-refractivity contribution in [3.63, 3.8) is 0 Å². The topological polar surface area (TPSA) is 92.2 Å². The lowest BCUT2D eigenvalue weighted by Crippen LogP contribution is -2.31. The molecule has 1 aromatic heterocycles. The predicted octanol–water partition coefficient (Wildman–Crippen LogP) is 2.48. The normalized spacial score (nSPS) is 17.8. The summed E-state index contributed by atoms with van der Waals surface area (Å²) in [4.78, 5) is 13.8. The van der Waals surface area contributed by atoms with Crippen LogP contribution < -0.4 is 10.5 Å². The third-order valence-corrected chi connectivity index (χ3v) is 5.84. The van der Waals surface area contributed by atoms with Crippen molar-refractivity contribution in [3.8, 4) is 0 Å². The Balaban J connectivity index is 1.69. The Hall–Kier alpha value is -2.38. The number of fused-ring (bicyclic) bond motifs is 2. The molecule has 0 unspecified atom stereocenters. The number of aryl methyl sites for hydroxylation is 1. The fraction of sp³-hybridized carbons (Fsp3) is 0.235. The van der Waals surface area contributed by atoms with Gasteiger partial charge in [-0.3, -0.25) is 4.98 Å². The van der Waals surface area contributed by atoms with Crippen molar-refractivity contribution in [2.75, 3.05) is 0 Å². The van der Waals surface area contributed by atoms with Gasteiger partial charge in [0.05, 0.1) is 10.4 Å². The van der Waals surface area contributed by atoms with Crippen LogP contribution in [0.15, 0.2) is 56.6 Å². The van der Waals surface area contributed by atoms with E-state index >= 15 is 0 Å². The quantitative estimate of drug-likeness (QED) is 0.763. The Bertz CT molecular complexity index is 1070. The monoisotopic (exact) mass is 344 g/mol. The molecule has 0 amide bonds. The summed E-state index contributed by atoms with van der Waals surface area (Å²) < 4.78 is 33.2. The molecule has 0 spiro atoms. The van der Waals surface area contributed by atoms with Crippen LogP contribution in [0.2, 0.25) is 0 Å². The summed E-state index contributed by atoms with van der Waals surface area (Å²) in [6, 6.07) is 12.0. The maximum atomic E-state index is 12.7. The largest absolute Gasteiger partial charge is 0.417 e. The molecule has 124 valence electrons. The summed E-state index contributed by atoms with van der Waals surface area (Å²) in [5, 5.41) is 0.